The first kappa shape index (κ1) is 28.6. The van der Waals surface area contributed by atoms with Crippen molar-refractivity contribution in [1.29, 1.82) is 0 Å². The van der Waals surface area contributed by atoms with E-state index >= 15 is 0 Å². The molecule has 2 aliphatic heterocycles. The number of pyridine rings is 2. The highest BCUT2D eigenvalue weighted by atomic mass is 19.4. The molecule has 1 aliphatic carbocycles. The lowest BCUT2D eigenvalue weighted by Gasteiger charge is -2.59. The molecule has 1 aromatic carbocycles. The molecule has 42 heavy (non-hydrogen) atoms. The summed E-state index contributed by atoms with van der Waals surface area (Å²) in [7, 11) is 0. The van der Waals surface area contributed by atoms with Crippen molar-refractivity contribution >= 4 is 5.69 Å². The van der Waals surface area contributed by atoms with Crippen molar-refractivity contribution in [2.24, 2.45) is 5.41 Å². The molecule has 3 aromatic rings. The maximum atomic E-state index is 13.6. The van der Waals surface area contributed by atoms with Gasteiger partial charge in [0.2, 0.25) is 5.88 Å². The van der Waals surface area contributed by atoms with E-state index in [-0.39, 0.29) is 23.2 Å². The Hall–Kier alpha value is -3.51. The molecule has 1 atom stereocenters. The Morgan fingerprint density at radius 3 is 2.64 bits per heavy atom. The van der Waals surface area contributed by atoms with E-state index in [2.05, 4.69) is 10.3 Å². The number of nitrogens with one attached hydrogen (secondary N) is 1. The molecule has 3 aliphatic rings. The number of hydrogen-bond acceptors (Lipinski definition) is 7. The normalized spacial score (nSPS) is 20.4. The lowest BCUT2D eigenvalue weighted by atomic mass is 9.61. The van der Waals surface area contributed by atoms with Crippen LogP contribution < -0.4 is 19.7 Å². The second kappa shape index (κ2) is 11.3. The smallest absolute Gasteiger partial charge is 0.418 e. The quantitative estimate of drug-likeness (QED) is 0.250. The van der Waals surface area contributed by atoms with Gasteiger partial charge >= 0.3 is 6.18 Å². The minimum absolute atomic E-state index is 0.00706. The Labute approximate surface area is 240 Å². The molecule has 3 fully saturated rings. The molecular formula is C30H32F5N5O2. The zero-order valence-corrected chi connectivity index (χ0v) is 23.1. The molecule has 1 saturated carbocycles. The highest BCUT2D eigenvalue weighted by Crippen LogP contribution is 2.52. The monoisotopic (exact) mass is 589 g/mol. The van der Waals surface area contributed by atoms with Gasteiger partial charge in [0.05, 0.1) is 29.1 Å². The molecule has 7 nitrogen and oxygen atoms in total. The van der Waals surface area contributed by atoms with Gasteiger partial charge in [-0.1, -0.05) is 0 Å². The topological polar surface area (TPSA) is 62.8 Å². The molecule has 2 saturated heterocycles. The lowest BCUT2D eigenvalue weighted by molar-refractivity contribution is -0.137. The second-order valence-electron chi connectivity index (χ2n) is 11.3. The summed E-state index contributed by atoms with van der Waals surface area (Å²) in [6.45, 7) is 4.31. The first-order valence-electron chi connectivity index (χ1n) is 14.1. The van der Waals surface area contributed by atoms with Gasteiger partial charge in [-0.05, 0) is 68.7 Å². The van der Waals surface area contributed by atoms with Crippen LogP contribution in [0.15, 0.2) is 48.7 Å². The predicted molar refractivity (Wildman–Crippen MR) is 146 cm³/mol. The molecular weight excluding hydrogens is 557 g/mol. The van der Waals surface area contributed by atoms with Gasteiger partial charge in [0, 0.05) is 56.1 Å². The standard InChI is InChI=1S/C30H32F5N5O2/c1-2-41-28-22(4-3-10-36-28)24-6-8-27(25(38-24)15-37-20-9-11-40(35)16-20)42-21-13-29(14-21)17-39(18-29)26-7-5-19(31)12-23(26)30(32,33)34/h3-8,10,12,20-21,37H,2,9,11,13-18H2,1H3. The van der Waals surface area contributed by atoms with Gasteiger partial charge < -0.3 is 19.7 Å². The van der Waals surface area contributed by atoms with Crippen molar-refractivity contribution in [2.75, 3.05) is 37.7 Å². The molecule has 0 radical (unpaired) electrons. The summed E-state index contributed by atoms with van der Waals surface area (Å²) in [5, 5.41) is 4.18. The van der Waals surface area contributed by atoms with E-state index < -0.39 is 17.6 Å². The molecule has 12 heteroatoms. The van der Waals surface area contributed by atoms with Crippen molar-refractivity contribution in [2.45, 2.75) is 51.1 Å². The van der Waals surface area contributed by atoms with Gasteiger partial charge in [-0.25, -0.2) is 14.4 Å². The minimum Gasteiger partial charge on any atom is -0.488 e. The summed E-state index contributed by atoms with van der Waals surface area (Å²) in [4.78, 5) is 10.9. The maximum Gasteiger partial charge on any atom is 0.418 e. The second-order valence-corrected chi connectivity index (χ2v) is 11.3. The summed E-state index contributed by atoms with van der Waals surface area (Å²) >= 11 is 0. The number of nitrogens with zero attached hydrogens (tertiary/aromatic N) is 4. The number of rotatable bonds is 9. The summed E-state index contributed by atoms with van der Waals surface area (Å²) in [5.74, 6) is 0.183. The molecule has 224 valence electrons. The van der Waals surface area contributed by atoms with Crippen molar-refractivity contribution in [3.63, 3.8) is 0 Å². The summed E-state index contributed by atoms with van der Waals surface area (Å²) < 4.78 is 79.7. The number of aromatic nitrogens is 2. The average Bonchev–Trinajstić information content (AvgIpc) is 3.33. The van der Waals surface area contributed by atoms with Crippen LogP contribution in [0.3, 0.4) is 0 Å². The van der Waals surface area contributed by atoms with E-state index in [1.807, 2.05) is 31.2 Å². The molecule has 2 aromatic heterocycles. The summed E-state index contributed by atoms with van der Waals surface area (Å²) in [6, 6.07) is 10.2. The van der Waals surface area contributed by atoms with Crippen LogP contribution in [0.4, 0.5) is 27.7 Å². The predicted octanol–water partition coefficient (Wildman–Crippen LogP) is 5.80. The first-order chi connectivity index (χ1) is 20.1. The maximum absolute atomic E-state index is 13.6. The third-order valence-corrected chi connectivity index (χ3v) is 8.23. The molecule has 6 rings (SSSR count). The van der Waals surface area contributed by atoms with E-state index in [1.54, 1.807) is 11.1 Å². The van der Waals surface area contributed by atoms with Crippen LogP contribution in [-0.2, 0) is 12.7 Å². The van der Waals surface area contributed by atoms with Crippen LogP contribution in [0, 0.1) is 11.2 Å². The van der Waals surface area contributed by atoms with E-state index in [0.717, 1.165) is 16.8 Å². The lowest BCUT2D eigenvalue weighted by Crippen LogP contribution is -2.65. The van der Waals surface area contributed by atoms with Crippen LogP contribution in [0.1, 0.15) is 37.4 Å². The Bertz CT molecular complexity index is 1420. The van der Waals surface area contributed by atoms with Crippen molar-refractivity contribution in [3.8, 4) is 22.9 Å². The van der Waals surface area contributed by atoms with Crippen molar-refractivity contribution < 1.29 is 31.5 Å². The third kappa shape index (κ3) is 5.87. The number of anilines is 1. The van der Waals surface area contributed by atoms with Gasteiger partial charge in [-0.3, -0.25) is 0 Å². The molecule has 4 heterocycles. The SMILES string of the molecule is CCOc1ncccc1-c1ccc(OC2CC3(C2)CN(c2ccc(F)cc2C(F)(F)F)C3)c(CNC2CCN(F)C2)n1. The van der Waals surface area contributed by atoms with Crippen LogP contribution in [0.25, 0.3) is 11.3 Å². The van der Waals surface area contributed by atoms with Crippen molar-refractivity contribution in [3.05, 3.63) is 65.7 Å². The molecule has 1 unspecified atom stereocenters. The molecule has 1 spiro atoms. The first-order valence-corrected chi connectivity index (χ1v) is 14.1. The summed E-state index contributed by atoms with van der Waals surface area (Å²) in [6.07, 6.45) is -1.01. The van der Waals surface area contributed by atoms with E-state index in [1.165, 1.54) is 6.07 Å². The van der Waals surface area contributed by atoms with Crippen LogP contribution in [-0.4, -0.2) is 60.0 Å². The van der Waals surface area contributed by atoms with E-state index in [9.17, 15) is 22.0 Å². The average molecular weight is 590 g/mol. The Morgan fingerprint density at radius 2 is 1.93 bits per heavy atom. The van der Waals surface area contributed by atoms with Gasteiger partial charge in [0.15, 0.2) is 0 Å². The fourth-order valence-electron chi connectivity index (χ4n) is 6.21. The van der Waals surface area contributed by atoms with Gasteiger partial charge in [-0.2, -0.15) is 13.2 Å². The number of hydrogen-bond donors (Lipinski definition) is 1. The van der Waals surface area contributed by atoms with Crippen molar-refractivity contribution in [1.82, 2.24) is 20.4 Å². The Balaban J connectivity index is 1.15. The van der Waals surface area contributed by atoms with E-state index in [0.29, 0.717) is 87.7 Å². The van der Waals surface area contributed by atoms with E-state index in [4.69, 9.17) is 14.5 Å². The van der Waals surface area contributed by atoms with Crippen LogP contribution in [0.2, 0.25) is 0 Å². The zero-order chi connectivity index (χ0) is 29.5. The Kier molecular flexibility index (Phi) is 7.69. The van der Waals surface area contributed by atoms with Gasteiger partial charge in [0.25, 0.3) is 0 Å². The van der Waals surface area contributed by atoms with Gasteiger partial charge in [0.1, 0.15) is 17.7 Å². The zero-order valence-electron chi connectivity index (χ0n) is 23.1. The largest absolute Gasteiger partial charge is 0.488 e. The highest BCUT2D eigenvalue weighted by Gasteiger charge is 2.54. The fourth-order valence-corrected chi connectivity index (χ4v) is 6.21. The summed E-state index contributed by atoms with van der Waals surface area (Å²) in [5.41, 5.74) is 1.02. The van der Waals surface area contributed by atoms with Crippen LogP contribution in [0.5, 0.6) is 11.6 Å². The number of alkyl halides is 3. The number of halogens is 5. The number of benzene rings is 1. The fraction of sp³-hybridized carbons (Fsp3) is 0.467. The third-order valence-electron chi connectivity index (χ3n) is 8.23. The molecule has 1 N–H and O–H groups in total. The molecule has 0 amide bonds. The minimum atomic E-state index is -4.63. The molecule has 0 bridgehead atoms. The number of ether oxygens (including phenoxy) is 2. The Morgan fingerprint density at radius 1 is 1.12 bits per heavy atom. The highest BCUT2D eigenvalue weighted by molar-refractivity contribution is 5.65. The van der Waals surface area contributed by atoms with Gasteiger partial charge in [-0.15, -0.1) is 9.60 Å². The van der Waals surface area contributed by atoms with Crippen LogP contribution >= 0.6 is 0 Å².